The number of benzene rings is 1. The van der Waals surface area contributed by atoms with Gasteiger partial charge in [-0.05, 0) is 17.7 Å². The lowest BCUT2D eigenvalue weighted by molar-refractivity contribution is 0.0951. The summed E-state index contributed by atoms with van der Waals surface area (Å²) >= 11 is 9.34. The number of hydrogen-bond donors (Lipinski definition) is 2. The molecule has 0 aliphatic carbocycles. The van der Waals surface area contributed by atoms with E-state index in [9.17, 15) is 4.79 Å². The van der Waals surface area contributed by atoms with E-state index < -0.39 is 0 Å². The van der Waals surface area contributed by atoms with Crippen LogP contribution in [0.3, 0.4) is 0 Å². The van der Waals surface area contributed by atoms with Gasteiger partial charge in [-0.2, -0.15) is 0 Å². The van der Waals surface area contributed by atoms with Gasteiger partial charge in [-0.1, -0.05) is 45.7 Å². The van der Waals surface area contributed by atoms with Gasteiger partial charge in [0.2, 0.25) is 0 Å². The summed E-state index contributed by atoms with van der Waals surface area (Å²) in [5, 5.41) is 3.06. The minimum atomic E-state index is -0.283. The first-order valence-corrected chi connectivity index (χ1v) is 6.67. The first kappa shape index (κ1) is 13.8. The molecule has 0 radical (unpaired) electrons. The fourth-order valence-electron chi connectivity index (χ4n) is 1.54. The Kier molecular flexibility index (Phi) is 4.39. The van der Waals surface area contributed by atoms with E-state index in [-0.39, 0.29) is 16.7 Å². The first-order chi connectivity index (χ1) is 9.08. The van der Waals surface area contributed by atoms with E-state index in [2.05, 4.69) is 26.2 Å². The molecular weight excluding hydrogens is 330 g/mol. The van der Waals surface area contributed by atoms with E-state index >= 15 is 0 Å². The lowest BCUT2D eigenvalue weighted by atomic mass is 10.2. The van der Waals surface area contributed by atoms with Crippen molar-refractivity contribution in [3.63, 3.8) is 0 Å². The average molecular weight is 341 g/mol. The highest BCUT2D eigenvalue weighted by Crippen LogP contribution is 2.18. The monoisotopic (exact) mass is 339 g/mol. The number of pyridine rings is 1. The second-order valence-corrected chi connectivity index (χ2v) is 5.12. The average Bonchev–Trinajstić information content (AvgIpc) is 2.40. The fourth-order valence-corrected chi connectivity index (χ4v) is 2.16. The van der Waals surface area contributed by atoms with Crippen molar-refractivity contribution >= 4 is 39.3 Å². The summed E-state index contributed by atoms with van der Waals surface area (Å²) < 4.78 is 0.940. The number of nitrogen functional groups attached to an aromatic ring is 1. The molecule has 0 aliphatic rings. The number of carbonyl (C=O) groups is 1. The number of halogens is 2. The Morgan fingerprint density at radius 2 is 2.16 bits per heavy atom. The summed E-state index contributed by atoms with van der Waals surface area (Å²) in [5.41, 5.74) is 6.84. The van der Waals surface area contributed by atoms with Crippen molar-refractivity contribution in [1.29, 1.82) is 0 Å². The van der Waals surface area contributed by atoms with Crippen LogP contribution >= 0.6 is 27.5 Å². The van der Waals surface area contributed by atoms with Gasteiger partial charge in [-0.15, -0.1) is 0 Å². The number of amides is 1. The molecule has 0 unspecified atom stereocenters. The van der Waals surface area contributed by atoms with Crippen LogP contribution in [0.15, 0.2) is 41.0 Å². The molecule has 2 rings (SSSR count). The van der Waals surface area contributed by atoms with Crippen molar-refractivity contribution in [1.82, 2.24) is 10.3 Å². The Bertz CT molecular complexity index is 619. The highest BCUT2D eigenvalue weighted by atomic mass is 79.9. The van der Waals surface area contributed by atoms with Crippen LogP contribution in [0.5, 0.6) is 0 Å². The Balaban J connectivity index is 2.10. The second kappa shape index (κ2) is 6.04. The number of carbonyl (C=O) groups excluding carboxylic acids is 1. The van der Waals surface area contributed by atoms with Gasteiger partial charge in [0.25, 0.3) is 5.91 Å². The third kappa shape index (κ3) is 3.45. The molecule has 1 amide bonds. The van der Waals surface area contributed by atoms with Crippen molar-refractivity contribution < 1.29 is 4.79 Å². The largest absolute Gasteiger partial charge is 0.384 e. The van der Waals surface area contributed by atoms with Crippen molar-refractivity contribution in [2.24, 2.45) is 0 Å². The van der Waals surface area contributed by atoms with Gasteiger partial charge in [0.15, 0.2) is 0 Å². The zero-order valence-corrected chi connectivity index (χ0v) is 12.2. The lowest BCUT2D eigenvalue weighted by Gasteiger charge is -2.08. The molecule has 0 saturated heterocycles. The smallest absolute Gasteiger partial charge is 0.253 e. The van der Waals surface area contributed by atoms with E-state index in [0.717, 1.165) is 10.0 Å². The van der Waals surface area contributed by atoms with Crippen LogP contribution in [-0.4, -0.2) is 10.9 Å². The molecule has 4 nitrogen and oxygen atoms in total. The Labute approximate surface area is 124 Å². The van der Waals surface area contributed by atoms with Crippen LogP contribution in [0, 0.1) is 0 Å². The molecule has 1 heterocycles. The molecule has 1 aromatic carbocycles. The van der Waals surface area contributed by atoms with Gasteiger partial charge in [0, 0.05) is 17.2 Å². The standard InChI is InChI=1S/C13H11BrClN3O/c14-10-4-2-1-3-8(10)6-18-13(19)9-5-12(16)17-7-11(9)15/h1-5,7H,6H2,(H2,16,17)(H,18,19). The van der Waals surface area contributed by atoms with Crippen molar-refractivity contribution in [3.05, 3.63) is 57.2 Å². The summed E-state index contributed by atoms with van der Waals surface area (Å²) in [6.45, 7) is 0.402. The van der Waals surface area contributed by atoms with Gasteiger partial charge < -0.3 is 11.1 Å². The normalized spacial score (nSPS) is 10.2. The molecule has 98 valence electrons. The van der Waals surface area contributed by atoms with Crippen molar-refractivity contribution in [2.75, 3.05) is 5.73 Å². The number of aromatic nitrogens is 1. The third-order valence-electron chi connectivity index (χ3n) is 2.52. The van der Waals surface area contributed by atoms with Crippen LogP contribution in [0.4, 0.5) is 5.82 Å². The topological polar surface area (TPSA) is 68.0 Å². The quantitative estimate of drug-likeness (QED) is 0.902. The summed E-state index contributed by atoms with van der Waals surface area (Å²) in [6, 6.07) is 9.11. The molecule has 6 heteroatoms. The second-order valence-electron chi connectivity index (χ2n) is 3.86. The number of anilines is 1. The molecule has 0 bridgehead atoms. The van der Waals surface area contributed by atoms with E-state index in [4.69, 9.17) is 17.3 Å². The van der Waals surface area contributed by atoms with Crippen molar-refractivity contribution in [2.45, 2.75) is 6.54 Å². The summed E-state index contributed by atoms with van der Waals surface area (Å²) in [5.74, 6) is -0.0229. The highest BCUT2D eigenvalue weighted by Gasteiger charge is 2.11. The minimum Gasteiger partial charge on any atom is -0.384 e. The Morgan fingerprint density at radius 1 is 1.42 bits per heavy atom. The fraction of sp³-hybridized carbons (Fsp3) is 0.0769. The van der Waals surface area contributed by atoms with Crippen LogP contribution in [-0.2, 0) is 6.54 Å². The molecule has 0 fully saturated rings. The summed E-state index contributed by atoms with van der Waals surface area (Å²) in [7, 11) is 0. The molecular formula is C13H11BrClN3O. The molecule has 1 aromatic heterocycles. The molecule has 19 heavy (non-hydrogen) atoms. The molecule has 3 N–H and O–H groups in total. The molecule has 0 atom stereocenters. The molecule has 0 saturated carbocycles. The molecule has 0 aliphatic heterocycles. The van der Waals surface area contributed by atoms with E-state index in [1.807, 2.05) is 24.3 Å². The maximum Gasteiger partial charge on any atom is 0.253 e. The maximum absolute atomic E-state index is 12.0. The highest BCUT2D eigenvalue weighted by molar-refractivity contribution is 9.10. The predicted octanol–water partition coefficient (Wildman–Crippen LogP) is 3.01. The zero-order valence-electron chi connectivity index (χ0n) is 9.86. The van der Waals surface area contributed by atoms with Crippen LogP contribution in [0.2, 0.25) is 5.02 Å². The number of nitrogens with one attached hydrogen (secondary N) is 1. The SMILES string of the molecule is Nc1cc(C(=O)NCc2ccccc2Br)c(Cl)cn1. The Morgan fingerprint density at radius 3 is 2.89 bits per heavy atom. The van der Waals surface area contributed by atoms with Crippen LogP contribution in [0.25, 0.3) is 0 Å². The van der Waals surface area contributed by atoms with E-state index in [0.29, 0.717) is 12.1 Å². The van der Waals surface area contributed by atoms with Gasteiger partial charge in [0.05, 0.1) is 10.6 Å². The zero-order chi connectivity index (χ0) is 13.8. The minimum absolute atomic E-state index is 0.260. The third-order valence-corrected chi connectivity index (χ3v) is 3.59. The predicted molar refractivity (Wildman–Crippen MR) is 79.0 cm³/mol. The maximum atomic E-state index is 12.0. The Hall–Kier alpha value is -1.59. The number of rotatable bonds is 3. The van der Waals surface area contributed by atoms with Gasteiger partial charge in [-0.3, -0.25) is 4.79 Å². The van der Waals surface area contributed by atoms with E-state index in [1.54, 1.807) is 0 Å². The van der Waals surface area contributed by atoms with Gasteiger partial charge >= 0.3 is 0 Å². The number of nitrogens with two attached hydrogens (primary N) is 1. The summed E-state index contributed by atoms with van der Waals surface area (Å²) in [6.07, 6.45) is 1.37. The van der Waals surface area contributed by atoms with Crippen LogP contribution in [0.1, 0.15) is 15.9 Å². The number of hydrogen-bond acceptors (Lipinski definition) is 3. The van der Waals surface area contributed by atoms with Crippen molar-refractivity contribution in [3.8, 4) is 0 Å². The van der Waals surface area contributed by atoms with Gasteiger partial charge in [0.1, 0.15) is 5.82 Å². The van der Waals surface area contributed by atoms with E-state index in [1.165, 1.54) is 12.3 Å². The summed E-state index contributed by atoms with van der Waals surface area (Å²) in [4.78, 5) is 15.8. The van der Waals surface area contributed by atoms with Gasteiger partial charge in [-0.25, -0.2) is 4.98 Å². The lowest BCUT2D eigenvalue weighted by Crippen LogP contribution is -2.23. The number of nitrogens with zero attached hydrogens (tertiary/aromatic N) is 1. The van der Waals surface area contributed by atoms with Crippen LogP contribution < -0.4 is 11.1 Å². The molecule has 2 aromatic rings. The first-order valence-electron chi connectivity index (χ1n) is 5.50. The molecule has 0 spiro atoms.